The molecule has 0 amide bonds. The Bertz CT molecular complexity index is 558. The van der Waals surface area contributed by atoms with Crippen LogP contribution >= 0.6 is 22.9 Å². The van der Waals surface area contributed by atoms with E-state index in [1.807, 2.05) is 11.6 Å². The fourth-order valence-electron chi connectivity index (χ4n) is 2.34. The van der Waals surface area contributed by atoms with Gasteiger partial charge in [-0.25, -0.2) is 4.98 Å². The predicted octanol–water partition coefficient (Wildman–Crippen LogP) is 3.28. The maximum Gasteiger partial charge on any atom is 0.195 e. The highest BCUT2D eigenvalue weighted by atomic mass is 35.5. The van der Waals surface area contributed by atoms with Crippen molar-refractivity contribution in [3.63, 3.8) is 0 Å². The molecule has 2 aromatic heterocycles. The van der Waals surface area contributed by atoms with E-state index < -0.39 is 0 Å². The van der Waals surface area contributed by atoms with Gasteiger partial charge in [0.05, 0.1) is 5.69 Å². The molecular formula is C14H22ClN3OS. The van der Waals surface area contributed by atoms with Gasteiger partial charge in [-0.1, -0.05) is 32.4 Å². The summed E-state index contributed by atoms with van der Waals surface area (Å²) < 4.78 is 2.06. The van der Waals surface area contributed by atoms with Gasteiger partial charge in [-0.05, 0) is 11.8 Å². The average molecular weight is 316 g/mol. The van der Waals surface area contributed by atoms with Crippen molar-refractivity contribution in [1.82, 2.24) is 14.3 Å². The Morgan fingerprint density at radius 3 is 2.85 bits per heavy atom. The van der Waals surface area contributed by atoms with Crippen LogP contribution in [0.5, 0.6) is 0 Å². The van der Waals surface area contributed by atoms with E-state index >= 15 is 0 Å². The van der Waals surface area contributed by atoms with Gasteiger partial charge in [0.1, 0.15) is 0 Å². The van der Waals surface area contributed by atoms with Crippen LogP contribution in [-0.4, -0.2) is 39.1 Å². The highest BCUT2D eigenvalue weighted by molar-refractivity contribution is 7.15. The molecule has 0 radical (unpaired) electrons. The molecular weight excluding hydrogens is 294 g/mol. The maximum atomic E-state index is 9.06. The fourth-order valence-corrected chi connectivity index (χ4v) is 3.35. The normalized spacial score (nSPS) is 12.7. The minimum atomic E-state index is 0.209. The Morgan fingerprint density at radius 1 is 1.45 bits per heavy atom. The van der Waals surface area contributed by atoms with E-state index in [9.17, 15) is 0 Å². The predicted molar refractivity (Wildman–Crippen MR) is 84.5 cm³/mol. The molecule has 0 spiro atoms. The zero-order chi connectivity index (χ0) is 14.8. The van der Waals surface area contributed by atoms with Gasteiger partial charge in [0.15, 0.2) is 10.1 Å². The minimum absolute atomic E-state index is 0.209. The lowest BCUT2D eigenvalue weighted by Crippen LogP contribution is -2.33. The Kier molecular flexibility index (Phi) is 5.07. The van der Waals surface area contributed by atoms with Gasteiger partial charge >= 0.3 is 0 Å². The molecule has 2 aromatic rings. The minimum Gasteiger partial charge on any atom is -0.396 e. The first-order chi connectivity index (χ1) is 9.40. The highest BCUT2D eigenvalue weighted by Gasteiger charge is 2.20. The standard InChI is InChI=1S/C14H22ClN3OS/c1-14(2,3)10-17(5-4-7-19)9-11-12(15)16-13-18(11)6-8-20-13/h6,8,19H,4-5,7,9-10H2,1-3H3. The molecule has 0 aliphatic rings. The Labute approximate surface area is 129 Å². The van der Waals surface area contributed by atoms with Crippen molar-refractivity contribution in [2.45, 2.75) is 33.7 Å². The molecule has 4 nitrogen and oxygen atoms in total. The van der Waals surface area contributed by atoms with Crippen LogP contribution in [0.15, 0.2) is 11.6 Å². The molecule has 0 atom stereocenters. The number of aliphatic hydroxyl groups excluding tert-OH is 1. The van der Waals surface area contributed by atoms with E-state index in [2.05, 4.69) is 35.1 Å². The fraction of sp³-hybridized carbons (Fsp3) is 0.643. The van der Waals surface area contributed by atoms with Crippen molar-refractivity contribution in [2.24, 2.45) is 5.41 Å². The van der Waals surface area contributed by atoms with E-state index in [0.29, 0.717) is 5.15 Å². The lowest BCUT2D eigenvalue weighted by molar-refractivity contribution is 0.164. The third kappa shape index (κ3) is 3.95. The van der Waals surface area contributed by atoms with Crippen molar-refractivity contribution >= 4 is 27.9 Å². The van der Waals surface area contributed by atoms with E-state index in [4.69, 9.17) is 16.7 Å². The lowest BCUT2D eigenvalue weighted by atomic mass is 9.96. The summed E-state index contributed by atoms with van der Waals surface area (Å²) in [6.45, 7) is 9.45. The van der Waals surface area contributed by atoms with Crippen LogP contribution in [0.2, 0.25) is 5.15 Å². The van der Waals surface area contributed by atoms with E-state index in [0.717, 1.165) is 36.7 Å². The molecule has 0 aliphatic carbocycles. The summed E-state index contributed by atoms with van der Waals surface area (Å²) in [5.41, 5.74) is 1.24. The molecule has 6 heteroatoms. The zero-order valence-electron chi connectivity index (χ0n) is 12.3. The summed E-state index contributed by atoms with van der Waals surface area (Å²) in [7, 11) is 0. The quantitative estimate of drug-likeness (QED) is 0.889. The Balaban J connectivity index is 2.17. The van der Waals surface area contributed by atoms with Gasteiger partial charge in [0.25, 0.3) is 0 Å². The van der Waals surface area contributed by atoms with Gasteiger partial charge in [0.2, 0.25) is 0 Å². The van der Waals surface area contributed by atoms with Crippen LogP contribution in [0.4, 0.5) is 0 Å². The summed E-state index contributed by atoms with van der Waals surface area (Å²) in [6, 6.07) is 0. The first-order valence-corrected chi connectivity index (χ1v) is 8.09. The van der Waals surface area contributed by atoms with E-state index in [1.54, 1.807) is 11.3 Å². The van der Waals surface area contributed by atoms with Crippen LogP contribution in [0.3, 0.4) is 0 Å². The number of rotatable bonds is 6. The summed E-state index contributed by atoms with van der Waals surface area (Å²) in [4.78, 5) is 7.64. The molecule has 0 fully saturated rings. The monoisotopic (exact) mass is 315 g/mol. The first-order valence-electron chi connectivity index (χ1n) is 6.84. The average Bonchev–Trinajstić information content (AvgIpc) is 2.88. The number of thiazole rings is 1. The molecule has 2 heterocycles. The second kappa shape index (κ2) is 6.43. The number of hydrogen-bond donors (Lipinski definition) is 1. The molecule has 0 saturated carbocycles. The molecule has 0 unspecified atom stereocenters. The van der Waals surface area contributed by atoms with Gasteiger partial charge < -0.3 is 5.11 Å². The third-order valence-electron chi connectivity index (χ3n) is 3.02. The van der Waals surface area contributed by atoms with Crippen LogP contribution in [-0.2, 0) is 6.54 Å². The van der Waals surface area contributed by atoms with Crippen LogP contribution in [0, 0.1) is 5.41 Å². The SMILES string of the molecule is CC(C)(C)CN(CCCO)Cc1c(Cl)nc2sccn12. The molecule has 0 saturated heterocycles. The van der Waals surface area contributed by atoms with Crippen molar-refractivity contribution in [2.75, 3.05) is 19.7 Å². The molecule has 0 aliphatic heterocycles. The lowest BCUT2D eigenvalue weighted by Gasteiger charge is -2.29. The van der Waals surface area contributed by atoms with Gasteiger partial charge in [-0.15, -0.1) is 11.3 Å². The molecule has 112 valence electrons. The van der Waals surface area contributed by atoms with E-state index in [1.165, 1.54) is 0 Å². The largest absolute Gasteiger partial charge is 0.396 e. The molecule has 0 bridgehead atoms. The maximum absolute atomic E-state index is 9.06. The molecule has 1 N–H and O–H groups in total. The number of halogens is 1. The summed E-state index contributed by atoms with van der Waals surface area (Å²) in [5.74, 6) is 0. The van der Waals surface area contributed by atoms with Crippen LogP contribution in [0.1, 0.15) is 32.9 Å². The van der Waals surface area contributed by atoms with Gasteiger partial charge in [-0.3, -0.25) is 9.30 Å². The second-order valence-corrected chi connectivity index (χ2v) is 7.48. The van der Waals surface area contributed by atoms with E-state index in [-0.39, 0.29) is 12.0 Å². The molecule has 2 rings (SSSR count). The first kappa shape index (κ1) is 15.8. The number of aromatic nitrogens is 2. The number of hydrogen-bond acceptors (Lipinski definition) is 4. The summed E-state index contributed by atoms with van der Waals surface area (Å²) >= 11 is 7.85. The Hall–Kier alpha value is -0.620. The highest BCUT2D eigenvalue weighted by Crippen LogP contribution is 2.24. The van der Waals surface area contributed by atoms with Crippen molar-refractivity contribution in [3.05, 3.63) is 22.4 Å². The Morgan fingerprint density at radius 2 is 2.20 bits per heavy atom. The number of aliphatic hydroxyl groups is 1. The van der Waals surface area contributed by atoms with Crippen molar-refractivity contribution in [3.8, 4) is 0 Å². The van der Waals surface area contributed by atoms with Gasteiger partial charge in [0, 0.05) is 37.8 Å². The van der Waals surface area contributed by atoms with Crippen molar-refractivity contribution < 1.29 is 5.11 Å². The van der Waals surface area contributed by atoms with Crippen LogP contribution < -0.4 is 0 Å². The number of nitrogens with zero attached hydrogens (tertiary/aromatic N) is 3. The number of imidazole rings is 1. The third-order valence-corrected chi connectivity index (χ3v) is 4.08. The summed E-state index contributed by atoms with van der Waals surface area (Å²) in [6.07, 6.45) is 2.79. The zero-order valence-corrected chi connectivity index (χ0v) is 13.8. The summed E-state index contributed by atoms with van der Waals surface area (Å²) in [5, 5.41) is 11.7. The molecule has 0 aromatic carbocycles. The second-order valence-electron chi connectivity index (χ2n) is 6.25. The smallest absolute Gasteiger partial charge is 0.195 e. The number of fused-ring (bicyclic) bond motifs is 1. The molecule has 20 heavy (non-hydrogen) atoms. The van der Waals surface area contributed by atoms with Crippen molar-refractivity contribution in [1.29, 1.82) is 0 Å². The van der Waals surface area contributed by atoms with Crippen LogP contribution in [0.25, 0.3) is 4.96 Å². The van der Waals surface area contributed by atoms with Gasteiger partial charge in [-0.2, -0.15) is 0 Å². The topological polar surface area (TPSA) is 40.8 Å².